The number of aryl methyl sites for hydroxylation is 1. The third-order valence-corrected chi connectivity index (χ3v) is 5.10. The van der Waals surface area contributed by atoms with Gasteiger partial charge in [0.25, 0.3) is 5.91 Å². The first-order valence-corrected chi connectivity index (χ1v) is 10.3. The lowest BCUT2D eigenvalue weighted by Gasteiger charge is -2.27. The molecule has 0 aliphatic carbocycles. The highest BCUT2D eigenvalue weighted by Crippen LogP contribution is 2.38. The van der Waals surface area contributed by atoms with Gasteiger partial charge in [0.05, 0.1) is 0 Å². The Hall–Kier alpha value is -1.37. The average molecular weight is 542 g/mol. The molecule has 0 spiro atoms. The van der Waals surface area contributed by atoms with Crippen LogP contribution in [-0.4, -0.2) is 14.3 Å². The fourth-order valence-electron chi connectivity index (χ4n) is 2.46. The molecule has 0 saturated carbocycles. The van der Waals surface area contributed by atoms with Gasteiger partial charge < -0.3 is 10.1 Å². The maximum atomic E-state index is 12.6. The van der Waals surface area contributed by atoms with E-state index in [2.05, 4.69) is 53.1 Å². The number of carbonyl (C=O) groups is 1. The van der Waals surface area contributed by atoms with Crippen molar-refractivity contribution in [1.82, 2.24) is 5.32 Å². The summed E-state index contributed by atoms with van der Waals surface area (Å²) in [5.41, 5.74) is 1.67. The molecule has 3 nitrogen and oxygen atoms in total. The van der Waals surface area contributed by atoms with E-state index in [1.807, 2.05) is 61.5 Å². The second kappa shape index (κ2) is 8.11. The molecule has 0 aliphatic rings. The van der Waals surface area contributed by atoms with Crippen LogP contribution in [-0.2, 0) is 0 Å². The topological polar surface area (TPSA) is 38.3 Å². The van der Waals surface area contributed by atoms with Crippen molar-refractivity contribution < 1.29 is 9.53 Å². The molecule has 26 heavy (non-hydrogen) atoms. The van der Waals surface area contributed by atoms with Gasteiger partial charge >= 0.3 is 0 Å². The number of hydrogen-bond donors (Lipinski definition) is 1. The highest BCUT2D eigenvalue weighted by Gasteiger charge is 2.34. The quantitative estimate of drug-likeness (QED) is 0.319. The number of benzene rings is 3. The second-order valence-electron chi connectivity index (χ2n) is 5.89. The summed E-state index contributed by atoms with van der Waals surface area (Å²) >= 11 is 10.4. The van der Waals surface area contributed by atoms with Crippen LogP contribution in [0.15, 0.2) is 66.7 Å². The molecular formula is C20H16Br3NO2. The fraction of sp³-hybridized carbons (Fsp3) is 0.150. The average Bonchev–Trinajstić information content (AvgIpc) is 2.61. The van der Waals surface area contributed by atoms with Gasteiger partial charge in [-0.3, -0.25) is 4.79 Å². The van der Waals surface area contributed by atoms with Gasteiger partial charge in [0.1, 0.15) is 5.75 Å². The lowest BCUT2D eigenvalue weighted by Crippen LogP contribution is -2.47. The van der Waals surface area contributed by atoms with E-state index in [1.54, 1.807) is 12.1 Å². The van der Waals surface area contributed by atoms with E-state index in [0.717, 1.165) is 16.3 Å². The molecule has 1 atom stereocenters. The van der Waals surface area contributed by atoms with Crippen LogP contribution in [0.4, 0.5) is 0 Å². The van der Waals surface area contributed by atoms with Crippen LogP contribution < -0.4 is 10.1 Å². The van der Waals surface area contributed by atoms with E-state index in [-0.39, 0.29) is 5.91 Å². The summed E-state index contributed by atoms with van der Waals surface area (Å²) in [6.45, 7) is 1.98. The molecule has 6 heteroatoms. The number of amides is 1. The Labute approximate surface area is 177 Å². The van der Waals surface area contributed by atoms with E-state index >= 15 is 0 Å². The van der Waals surface area contributed by atoms with E-state index in [4.69, 9.17) is 4.74 Å². The Balaban J connectivity index is 1.81. The van der Waals surface area contributed by atoms with Crippen LogP contribution in [0, 0.1) is 6.92 Å². The van der Waals surface area contributed by atoms with Crippen molar-refractivity contribution in [2.45, 2.75) is 15.3 Å². The zero-order chi connectivity index (χ0) is 18.7. The number of alkyl halides is 3. The predicted octanol–water partition coefficient (Wildman–Crippen LogP) is 6.12. The molecule has 3 rings (SSSR count). The van der Waals surface area contributed by atoms with Crippen LogP contribution in [0.5, 0.6) is 5.75 Å². The summed E-state index contributed by atoms with van der Waals surface area (Å²) in [5, 5.41) is 5.08. The fourth-order valence-corrected chi connectivity index (χ4v) is 3.09. The lowest BCUT2D eigenvalue weighted by atomic mass is 10.1. The summed E-state index contributed by atoms with van der Waals surface area (Å²) in [4.78, 5) is 12.6. The molecule has 0 fully saturated rings. The highest BCUT2D eigenvalue weighted by molar-refractivity contribution is 9.39. The normalized spacial score (nSPS) is 12.6. The molecule has 1 unspecified atom stereocenters. The highest BCUT2D eigenvalue weighted by atomic mass is 80.0. The van der Waals surface area contributed by atoms with Gasteiger partial charge in [0, 0.05) is 5.56 Å². The summed E-state index contributed by atoms with van der Waals surface area (Å²) in [7, 11) is 0. The number of rotatable bonds is 4. The molecule has 0 aromatic heterocycles. The van der Waals surface area contributed by atoms with Gasteiger partial charge in [0.15, 0.2) is 2.14 Å². The van der Waals surface area contributed by atoms with Crippen molar-refractivity contribution in [3.8, 4) is 5.75 Å². The summed E-state index contributed by atoms with van der Waals surface area (Å²) < 4.78 is 5.21. The molecule has 1 amide bonds. The molecule has 134 valence electrons. The Morgan fingerprint density at radius 2 is 1.62 bits per heavy atom. The standard InChI is InChI=1S/C20H16Br3NO2/c1-13-6-8-15(9-7-13)18(25)24-19(20(21,22)23)26-17-11-10-14-4-2-3-5-16(14)12-17/h2-12,19H,1H3,(H,24,25). The van der Waals surface area contributed by atoms with Crippen molar-refractivity contribution in [3.63, 3.8) is 0 Å². The lowest BCUT2D eigenvalue weighted by molar-refractivity contribution is 0.0845. The minimum Gasteiger partial charge on any atom is -0.467 e. The third kappa shape index (κ3) is 4.87. The zero-order valence-corrected chi connectivity index (χ0v) is 18.6. The molecule has 0 bridgehead atoms. The number of nitrogens with one attached hydrogen (secondary N) is 1. The first-order chi connectivity index (χ1) is 12.3. The Bertz CT molecular complexity index is 920. The predicted molar refractivity (Wildman–Crippen MR) is 117 cm³/mol. The molecular weight excluding hydrogens is 526 g/mol. The van der Waals surface area contributed by atoms with E-state index < -0.39 is 8.37 Å². The monoisotopic (exact) mass is 539 g/mol. The van der Waals surface area contributed by atoms with Gasteiger partial charge in [-0.2, -0.15) is 0 Å². The van der Waals surface area contributed by atoms with E-state index in [0.29, 0.717) is 11.3 Å². The summed E-state index contributed by atoms with van der Waals surface area (Å²) in [6, 6.07) is 21.2. The van der Waals surface area contributed by atoms with E-state index in [1.165, 1.54) is 0 Å². The largest absolute Gasteiger partial charge is 0.467 e. The molecule has 0 aliphatic heterocycles. The SMILES string of the molecule is Cc1ccc(C(=O)NC(Oc2ccc3ccccc3c2)C(Br)(Br)Br)cc1. The van der Waals surface area contributed by atoms with Gasteiger partial charge in [-0.05, 0) is 42.0 Å². The first-order valence-electron chi connectivity index (χ1n) is 7.92. The molecule has 3 aromatic carbocycles. The first kappa shape index (κ1) is 19.4. The van der Waals surface area contributed by atoms with E-state index in [9.17, 15) is 4.79 Å². The van der Waals surface area contributed by atoms with Gasteiger partial charge in [-0.15, -0.1) is 0 Å². The molecule has 3 aromatic rings. The van der Waals surface area contributed by atoms with Crippen LogP contribution >= 0.6 is 47.8 Å². The Morgan fingerprint density at radius 3 is 2.27 bits per heavy atom. The number of ether oxygens (including phenoxy) is 1. The van der Waals surface area contributed by atoms with Crippen molar-refractivity contribution in [2.75, 3.05) is 0 Å². The molecule has 0 saturated heterocycles. The van der Waals surface area contributed by atoms with Crippen LogP contribution in [0.2, 0.25) is 0 Å². The zero-order valence-electron chi connectivity index (χ0n) is 13.9. The molecule has 1 N–H and O–H groups in total. The molecule has 0 radical (unpaired) electrons. The Morgan fingerprint density at radius 1 is 0.962 bits per heavy atom. The number of hydrogen-bond acceptors (Lipinski definition) is 2. The van der Waals surface area contributed by atoms with Crippen molar-refractivity contribution >= 4 is 64.5 Å². The number of carbonyl (C=O) groups excluding carboxylic acids is 1. The molecule has 0 heterocycles. The van der Waals surface area contributed by atoms with Crippen LogP contribution in [0.3, 0.4) is 0 Å². The minimum atomic E-state index is -0.820. The summed E-state index contributed by atoms with van der Waals surface area (Å²) in [5.74, 6) is 0.430. The smallest absolute Gasteiger partial charge is 0.254 e. The van der Waals surface area contributed by atoms with Crippen LogP contribution in [0.1, 0.15) is 15.9 Å². The maximum absolute atomic E-state index is 12.6. The maximum Gasteiger partial charge on any atom is 0.254 e. The van der Waals surface area contributed by atoms with Crippen LogP contribution in [0.25, 0.3) is 10.8 Å². The number of fused-ring (bicyclic) bond motifs is 1. The minimum absolute atomic E-state index is 0.224. The van der Waals surface area contributed by atoms with Gasteiger partial charge in [0.2, 0.25) is 6.23 Å². The number of halogens is 3. The van der Waals surface area contributed by atoms with Crippen molar-refractivity contribution in [2.24, 2.45) is 0 Å². The van der Waals surface area contributed by atoms with Crippen molar-refractivity contribution in [1.29, 1.82) is 0 Å². The Kier molecular flexibility index (Phi) is 6.05. The summed E-state index contributed by atoms with van der Waals surface area (Å²) in [6.07, 6.45) is -0.697. The van der Waals surface area contributed by atoms with Crippen molar-refractivity contribution in [3.05, 3.63) is 77.9 Å². The van der Waals surface area contributed by atoms with Gasteiger partial charge in [-0.1, -0.05) is 95.8 Å². The second-order valence-corrected chi connectivity index (χ2v) is 12.8. The third-order valence-electron chi connectivity index (χ3n) is 3.85. The van der Waals surface area contributed by atoms with Gasteiger partial charge in [-0.25, -0.2) is 0 Å².